The number of hydrogen-bond acceptors (Lipinski definition) is 5. The average molecular weight is 371 g/mol. The molecule has 3 aromatic rings. The predicted molar refractivity (Wildman–Crippen MR) is 100.0 cm³/mol. The van der Waals surface area contributed by atoms with Crippen LogP contribution in [0.25, 0.3) is 10.2 Å². The number of fused-ring (bicyclic) bond motifs is 1. The van der Waals surface area contributed by atoms with Crippen LogP contribution in [0.15, 0.2) is 46.8 Å². The van der Waals surface area contributed by atoms with Gasteiger partial charge in [-0.3, -0.25) is 14.2 Å². The second-order valence-corrected chi connectivity index (χ2v) is 6.49. The van der Waals surface area contributed by atoms with Crippen molar-refractivity contribution in [1.29, 1.82) is 0 Å². The van der Waals surface area contributed by atoms with Crippen LogP contribution in [0.5, 0.6) is 0 Å². The van der Waals surface area contributed by atoms with E-state index in [1.54, 1.807) is 30.3 Å². The Labute approximate surface area is 152 Å². The number of thiophene rings is 1. The maximum Gasteiger partial charge on any atom is 0.316 e. The molecule has 0 unspecified atom stereocenters. The number of amides is 3. The Kier molecular flexibility index (Phi) is 5.28. The van der Waals surface area contributed by atoms with Gasteiger partial charge in [-0.1, -0.05) is 12.1 Å². The first-order valence-corrected chi connectivity index (χ1v) is 8.75. The van der Waals surface area contributed by atoms with Crippen molar-refractivity contribution in [3.63, 3.8) is 0 Å². The van der Waals surface area contributed by atoms with Crippen molar-refractivity contribution in [2.24, 2.45) is 5.73 Å². The van der Waals surface area contributed by atoms with Gasteiger partial charge in [-0.05, 0) is 29.1 Å². The van der Waals surface area contributed by atoms with Gasteiger partial charge in [-0.25, -0.2) is 9.78 Å². The van der Waals surface area contributed by atoms with Gasteiger partial charge in [0.15, 0.2) is 0 Å². The highest BCUT2D eigenvalue weighted by Gasteiger charge is 2.07. The molecule has 1 aromatic carbocycles. The van der Waals surface area contributed by atoms with E-state index in [4.69, 9.17) is 5.73 Å². The number of carbonyl (C=O) groups excluding carboxylic acids is 2. The number of carbonyl (C=O) groups is 2. The normalized spacial score (nSPS) is 10.6. The molecular formula is C17H17N5O3S. The second kappa shape index (κ2) is 7.79. The summed E-state index contributed by atoms with van der Waals surface area (Å²) in [6.07, 6.45) is 1.65. The molecule has 9 heteroatoms. The number of rotatable bonds is 6. The predicted octanol–water partition coefficient (Wildman–Crippen LogP) is 1.66. The van der Waals surface area contributed by atoms with Gasteiger partial charge in [-0.15, -0.1) is 11.3 Å². The first-order chi connectivity index (χ1) is 12.5. The number of nitrogens with one attached hydrogen (secondary N) is 2. The van der Waals surface area contributed by atoms with E-state index in [2.05, 4.69) is 15.6 Å². The molecule has 0 aliphatic heterocycles. The maximum absolute atomic E-state index is 12.2. The van der Waals surface area contributed by atoms with E-state index >= 15 is 0 Å². The molecule has 8 nitrogen and oxygen atoms in total. The fourth-order valence-corrected chi connectivity index (χ4v) is 3.14. The lowest BCUT2D eigenvalue weighted by atomic mass is 10.2. The number of primary amides is 1. The molecule has 2 heterocycles. The molecule has 26 heavy (non-hydrogen) atoms. The molecule has 0 spiro atoms. The smallest absolute Gasteiger partial charge is 0.316 e. The third-order valence-electron chi connectivity index (χ3n) is 3.74. The van der Waals surface area contributed by atoms with Gasteiger partial charge < -0.3 is 16.4 Å². The van der Waals surface area contributed by atoms with Gasteiger partial charge in [-0.2, -0.15) is 0 Å². The monoisotopic (exact) mass is 371 g/mol. The van der Waals surface area contributed by atoms with Crippen molar-refractivity contribution in [3.05, 3.63) is 58.0 Å². The fourth-order valence-electron chi connectivity index (χ4n) is 2.41. The van der Waals surface area contributed by atoms with Crippen molar-refractivity contribution in [3.8, 4) is 0 Å². The number of urea groups is 1. The van der Waals surface area contributed by atoms with E-state index in [0.717, 1.165) is 5.56 Å². The Morgan fingerprint density at radius 2 is 1.96 bits per heavy atom. The van der Waals surface area contributed by atoms with E-state index in [-0.39, 0.29) is 24.4 Å². The van der Waals surface area contributed by atoms with Gasteiger partial charge in [0.05, 0.1) is 11.7 Å². The zero-order valence-electron chi connectivity index (χ0n) is 13.8. The largest absolute Gasteiger partial charge is 0.352 e. The van der Waals surface area contributed by atoms with Crippen LogP contribution >= 0.6 is 11.3 Å². The Balaban J connectivity index is 1.51. The molecule has 3 rings (SSSR count). The Morgan fingerprint density at radius 3 is 2.69 bits per heavy atom. The van der Waals surface area contributed by atoms with E-state index in [9.17, 15) is 14.4 Å². The summed E-state index contributed by atoms with van der Waals surface area (Å²) in [6.45, 7) is 0.622. The highest BCUT2D eigenvalue weighted by molar-refractivity contribution is 7.16. The summed E-state index contributed by atoms with van der Waals surface area (Å²) in [4.78, 5) is 39.9. The third kappa shape index (κ3) is 4.25. The lowest BCUT2D eigenvalue weighted by molar-refractivity contribution is -0.121. The van der Waals surface area contributed by atoms with Crippen molar-refractivity contribution >= 4 is 39.2 Å². The van der Waals surface area contributed by atoms with Gasteiger partial charge in [0.1, 0.15) is 4.83 Å². The molecule has 0 aliphatic carbocycles. The molecular weight excluding hydrogens is 354 g/mol. The molecule has 0 saturated carbocycles. The standard InChI is InChI=1S/C17H17N5O3S/c18-17(25)21-12-3-1-11(2-4-12)9-19-14(23)5-7-22-10-20-15-13(16(22)24)6-8-26-15/h1-4,6,8,10H,5,7,9H2,(H,19,23)(H3,18,21,25). The molecule has 2 aromatic heterocycles. The van der Waals surface area contributed by atoms with Crippen molar-refractivity contribution in [2.75, 3.05) is 5.32 Å². The molecule has 0 saturated heterocycles. The van der Waals surface area contributed by atoms with Gasteiger partial charge in [0.25, 0.3) is 5.56 Å². The fraction of sp³-hybridized carbons (Fsp3) is 0.176. The maximum atomic E-state index is 12.2. The molecule has 3 amide bonds. The van der Waals surface area contributed by atoms with Crippen LogP contribution in [-0.2, 0) is 17.9 Å². The Hall–Kier alpha value is -3.20. The zero-order chi connectivity index (χ0) is 18.5. The van der Waals surface area contributed by atoms with E-state index < -0.39 is 6.03 Å². The van der Waals surface area contributed by atoms with Gasteiger partial charge >= 0.3 is 6.03 Å². The number of benzene rings is 1. The Morgan fingerprint density at radius 1 is 1.19 bits per heavy atom. The van der Waals surface area contributed by atoms with Crippen LogP contribution in [0.1, 0.15) is 12.0 Å². The van der Waals surface area contributed by atoms with Gasteiger partial charge in [0, 0.05) is 25.2 Å². The summed E-state index contributed by atoms with van der Waals surface area (Å²) in [5, 5.41) is 7.65. The number of aryl methyl sites for hydroxylation is 1. The second-order valence-electron chi connectivity index (χ2n) is 5.60. The Bertz CT molecular complexity index is 994. The highest BCUT2D eigenvalue weighted by Crippen LogP contribution is 2.13. The topological polar surface area (TPSA) is 119 Å². The SMILES string of the molecule is NC(=O)Nc1ccc(CNC(=O)CCn2cnc3sccc3c2=O)cc1. The van der Waals surface area contributed by atoms with E-state index in [1.165, 1.54) is 22.2 Å². The summed E-state index contributed by atoms with van der Waals surface area (Å²) in [6, 6.07) is 8.08. The molecule has 4 N–H and O–H groups in total. The number of nitrogens with two attached hydrogens (primary N) is 1. The molecule has 0 atom stereocenters. The minimum atomic E-state index is -0.628. The van der Waals surface area contributed by atoms with Gasteiger partial charge in [0.2, 0.25) is 5.91 Å². The molecule has 134 valence electrons. The molecule has 0 radical (unpaired) electrons. The summed E-state index contributed by atoms with van der Waals surface area (Å²) in [5.41, 5.74) is 6.37. The van der Waals surface area contributed by atoms with Crippen LogP contribution in [-0.4, -0.2) is 21.5 Å². The van der Waals surface area contributed by atoms with E-state index in [1.807, 2.05) is 5.38 Å². The van der Waals surface area contributed by atoms with Crippen LogP contribution in [0.2, 0.25) is 0 Å². The van der Waals surface area contributed by atoms with Crippen LogP contribution < -0.4 is 21.9 Å². The lowest BCUT2D eigenvalue weighted by Gasteiger charge is -2.08. The highest BCUT2D eigenvalue weighted by atomic mass is 32.1. The summed E-state index contributed by atoms with van der Waals surface area (Å²) in [7, 11) is 0. The number of anilines is 1. The molecule has 0 aliphatic rings. The number of aromatic nitrogens is 2. The lowest BCUT2D eigenvalue weighted by Crippen LogP contribution is -2.27. The minimum absolute atomic E-state index is 0.137. The minimum Gasteiger partial charge on any atom is -0.352 e. The molecule has 0 fully saturated rings. The quantitative estimate of drug-likeness (QED) is 0.610. The van der Waals surface area contributed by atoms with Crippen LogP contribution in [0, 0.1) is 0 Å². The number of hydrogen-bond donors (Lipinski definition) is 3. The summed E-state index contributed by atoms with van der Waals surface area (Å²) < 4.78 is 1.44. The van der Waals surface area contributed by atoms with Crippen molar-refractivity contribution in [1.82, 2.24) is 14.9 Å². The van der Waals surface area contributed by atoms with Crippen LogP contribution in [0.3, 0.4) is 0 Å². The molecule has 0 bridgehead atoms. The zero-order valence-corrected chi connectivity index (χ0v) is 14.6. The first-order valence-electron chi connectivity index (χ1n) is 7.87. The number of nitrogens with zero attached hydrogens (tertiary/aromatic N) is 2. The summed E-state index contributed by atoms with van der Waals surface area (Å²) >= 11 is 1.41. The van der Waals surface area contributed by atoms with E-state index in [0.29, 0.717) is 22.4 Å². The van der Waals surface area contributed by atoms with Crippen molar-refractivity contribution in [2.45, 2.75) is 19.5 Å². The third-order valence-corrected chi connectivity index (χ3v) is 4.56. The first kappa shape index (κ1) is 17.6. The van der Waals surface area contributed by atoms with Crippen molar-refractivity contribution < 1.29 is 9.59 Å². The van der Waals surface area contributed by atoms with Crippen LogP contribution in [0.4, 0.5) is 10.5 Å². The average Bonchev–Trinajstić information content (AvgIpc) is 3.10. The summed E-state index contributed by atoms with van der Waals surface area (Å²) in [5.74, 6) is -0.165.